The van der Waals surface area contributed by atoms with Gasteiger partial charge in [-0.2, -0.15) is 4.90 Å². The minimum atomic E-state index is -0.922. The number of anilines is 2. The van der Waals surface area contributed by atoms with E-state index in [0.29, 0.717) is 22.8 Å². The molecule has 13 heteroatoms. The van der Waals surface area contributed by atoms with E-state index in [1.54, 1.807) is 92.8 Å². The van der Waals surface area contributed by atoms with E-state index in [2.05, 4.69) is 25.6 Å². The first-order valence-electron chi connectivity index (χ1n) is 13.8. The molecule has 2 N–H and O–H groups in total. The van der Waals surface area contributed by atoms with Crippen LogP contribution in [0.1, 0.15) is 62.3 Å². The van der Waals surface area contributed by atoms with Crippen molar-refractivity contribution in [2.45, 2.75) is 73.5 Å². The van der Waals surface area contributed by atoms with E-state index in [-0.39, 0.29) is 11.6 Å². The van der Waals surface area contributed by atoms with Crippen molar-refractivity contribution >= 4 is 35.8 Å². The first kappa shape index (κ1) is 33.4. The second-order valence-electron chi connectivity index (χ2n) is 12.7. The fourth-order valence-corrected chi connectivity index (χ4v) is 3.27. The minimum absolute atomic E-state index is 0.0147. The number of pyridine rings is 3. The lowest BCUT2D eigenvalue weighted by atomic mass is 9.96. The van der Waals surface area contributed by atoms with Crippen LogP contribution in [0.5, 0.6) is 11.5 Å². The Hall–Kier alpha value is -5.07. The number of ether oxygens (including phenoxy) is 3. The van der Waals surface area contributed by atoms with Gasteiger partial charge in [0.15, 0.2) is 0 Å². The number of aromatic nitrogens is 3. The van der Waals surface area contributed by atoms with Crippen molar-refractivity contribution in [1.82, 2.24) is 20.3 Å². The number of amides is 5. The van der Waals surface area contributed by atoms with Gasteiger partial charge in [0.2, 0.25) is 5.91 Å². The summed E-state index contributed by atoms with van der Waals surface area (Å²) in [7, 11) is 0. The van der Waals surface area contributed by atoms with Gasteiger partial charge in [0.05, 0.1) is 11.9 Å². The highest BCUT2D eigenvalue weighted by Gasteiger charge is 2.33. The van der Waals surface area contributed by atoms with Gasteiger partial charge in [-0.25, -0.2) is 24.4 Å². The number of carbonyl (C=O) groups excluding carboxylic acids is 4. The number of urea groups is 1. The Morgan fingerprint density at radius 2 is 1.36 bits per heavy atom. The summed E-state index contributed by atoms with van der Waals surface area (Å²) in [6.07, 6.45) is 2.58. The Balaban J connectivity index is 1.73. The number of carbonyl (C=O) groups is 4. The van der Waals surface area contributed by atoms with E-state index < -0.39 is 40.7 Å². The fraction of sp³-hybridized carbons (Fsp3) is 0.387. The summed E-state index contributed by atoms with van der Waals surface area (Å²) < 4.78 is 16.7. The van der Waals surface area contributed by atoms with Crippen LogP contribution in [0.4, 0.5) is 26.0 Å². The number of hydrogen-bond donors (Lipinski definition) is 2. The molecule has 0 saturated heterocycles. The third-order valence-electron chi connectivity index (χ3n) is 5.28. The van der Waals surface area contributed by atoms with Gasteiger partial charge in [-0.05, 0) is 71.9 Å². The van der Waals surface area contributed by atoms with E-state index in [9.17, 15) is 19.2 Å². The van der Waals surface area contributed by atoms with Crippen molar-refractivity contribution in [2.75, 3.05) is 10.2 Å². The Morgan fingerprint density at radius 1 is 0.727 bits per heavy atom. The van der Waals surface area contributed by atoms with E-state index in [0.717, 1.165) is 4.90 Å². The third-order valence-corrected chi connectivity index (χ3v) is 5.28. The van der Waals surface area contributed by atoms with Crippen LogP contribution in [-0.2, 0) is 14.3 Å². The molecule has 234 valence electrons. The summed E-state index contributed by atoms with van der Waals surface area (Å²) in [6, 6.07) is 8.90. The Kier molecular flexibility index (Phi) is 9.93. The molecule has 0 bridgehead atoms. The van der Waals surface area contributed by atoms with E-state index >= 15 is 0 Å². The van der Waals surface area contributed by atoms with Crippen molar-refractivity contribution in [3.05, 3.63) is 55.0 Å². The second kappa shape index (κ2) is 13.1. The average molecular weight is 607 g/mol. The average Bonchev–Trinajstić information content (AvgIpc) is 2.88. The molecule has 0 fully saturated rings. The number of nitrogens with zero attached hydrogens (tertiary/aromatic N) is 4. The van der Waals surface area contributed by atoms with Gasteiger partial charge < -0.3 is 14.2 Å². The van der Waals surface area contributed by atoms with Crippen LogP contribution >= 0.6 is 0 Å². The minimum Gasteiger partial charge on any atom is -0.456 e. The largest absolute Gasteiger partial charge is 0.456 e. The molecule has 3 aromatic rings. The number of hydrogen-bond acceptors (Lipinski definition) is 10. The lowest BCUT2D eigenvalue weighted by Gasteiger charge is -2.28. The molecule has 5 amide bonds. The van der Waals surface area contributed by atoms with Crippen LogP contribution in [0, 0.1) is 5.41 Å². The molecule has 0 saturated carbocycles. The van der Waals surface area contributed by atoms with Crippen LogP contribution < -0.4 is 20.3 Å². The molecule has 0 atom stereocenters. The maximum absolute atomic E-state index is 12.9. The molecule has 3 heterocycles. The SMILES string of the molecule is CC(C)(C)OC(=O)N(C(=O)OC(C)(C)C)c1ccc(-c2cc(Oc3ccc(NC(=O)NC(=O)C(C)(C)C)nc3)ccn2)cn1. The number of rotatable bonds is 5. The summed E-state index contributed by atoms with van der Waals surface area (Å²) in [6.45, 7) is 15.2. The van der Waals surface area contributed by atoms with E-state index in [1.807, 2.05) is 0 Å². The maximum Gasteiger partial charge on any atom is 0.425 e. The summed E-state index contributed by atoms with van der Waals surface area (Å²) in [5.74, 6) is 0.652. The highest BCUT2D eigenvalue weighted by molar-refractivity contribution is 6.08. The first-order chi connectivity index (χ1) is 20.3. The normalized spacial score (nSPS) is 11.7. The van der Waals surface area contributed by atoms with Crippen LogP contribution in [0.15, 0.2) is 55.0 Å². The van der Waals surface area contributed by atoms with Gasteiger partial charge in [-0.15, -0.1) is 0 Å². The predicted molar refractivity (Wildman–Crippen MR) is 163 cm³/mol. The lowest BCUT2D eigenvalue weighted by Crippen LogP contribution is -2.44. The van der Waals surface area contributed by atoms with Crippen LogP contribution in [0.25, 0.3) is 11.3 Å². The summed E-state index contributed by atoms with van der Waals surface area (Å²) in [5, 5.41) is 4.76. The van der Waals surface area contributed by atoms with Crippen LogP contribution in [0.3, 0.4) is 0 Å². The highest BCUT2D eigenvalue weighted by atomic mass is 16.6. The number of nitrogens with one attached hydrogen (secondary N) is 2. The van der Waals surface area contributed by atoms with Crippen LogP contribution in [0.2, 0.25) is 0 Å². The zero-order chi connectivity index (χ0) is 32.9. The standard InChI is InChI=1S/C31H38N6O7/c1-29(2,3)25(38)36-26(39)35-23-12-11-21(18-33-23)42-20-14-15-32-22(16-20)19-10-13-24(34-17-19)37(27(40)43-30(4,5)6)28(41)44-31(7,8)9/h10-18H,1-9H3,(H2,33,35,36,38,39). The molecule has 0 aliphatic rings. The summed E-state index contributed by atoms with van der Waals surface area (Å²) >= 11 is 0. The van der Waals surface area contributed by atoms with Gasteiger partial charge >= 0.3 is 18.2 Å². The van der Waals surface area contributed by atoms with Crippen LogP contribution in [-0.4, -0.2) is 50.3 Å². The van der Waals surface area contributed by atoms with Gasteiger partial charge in [-0.1, -0.05) is 20.8 Å². The molecule has 0 unspecified atom stereocenters. The van der Waals surface area contributed by atoms with Crippen molar-refractivity contribution < 1.29 is 33.4 Å². The molecule has 0 radical (unpaired) electrons. The van der Waals surface area contributed by atoms with E-state index in [1.165, 1.54) is 24.5 Å². The Morgan fingerprint density at radius 3 is 1.86 bits per heavy atom. The maximum atomic E-state index is 12.9. The molecule has 13 nitrogen and oxygen atoms in total. The molecular formula is C31H38N6O7. The molecular weight excluding hydrogens is 568 g/mol. The first-order valence-corrected chi connectivity index (χ1v) is 13.8. The zero-order valence-corrected chi connectivity index (χ0v) is 26.3. The lowest BCUT2D eigenvalue weighted by molar-refractivity contribution is -0.127. The van der Waals surface area contributed by atoms with Crippen molar-refractivity contribution in [2.24, 2.45) is 5.41 Å². The molecule has 0 aliphatic carbocycles. The Bertz CT molecular complexity index is 1470. The molecule has 3 aromatic heterocycles. The molecule has 44 heavy (non-hydrogen) atoms. The molecule has 0 spiro atoms. The van der Waals surface area contributed by atoms with Gasteiger partial charge in [0.25, 0.3) is 0 Å². The second-order valence-corrected chi connectivity index (χ2v) is 12.7. The smallest absolute Gasteiger partial charge is 0.425 e. The summed E-state index contributed by atoms with van der Waals surface area (Å²) in [5.41, 5.74) is -1.33. The predicted octanol–water partition coefficient (Wildman–Crippen LogP) is 6.70. The third kappa shape index (κ3) is 10.0. The number of imide groups is 2. The van der Waals surface area contributed by atoms with Gasteiger partial charge in [0.1, 0.15) is 34.3 Å². The van der Waals surface area contributed by atoms with Gasteiger partial charge in [0, 0.05) is 29.4 Å². The molecule has 0 aromatic carbocycles. The van der Waals surface area contributed by atoms with Crippen molar-refractivity contribution in [3.8, 4) is 22.8 Å². The van der Waals surface area contributed by atoms with Crippen molar-refractivity contribution in [1.29, 1.82) is 0 Å². The Labute approximate surface area is 256 Å². The zero-order valence-electron chi connectivity index (χ0n) is 26.3. The van der Waals surface area contributed by atoms with Crippen molar-refractivity contribution in [3.63, 3.8) is 0 Å². The molecule has 0 aliphatic heterocycles. The quantitative estimate of drug-likeness (QED) is 0.319. The topological polar surface area (TPSA) is 162 Å². The monoisotopic (exact) mass is 606 g/mol. The summed E-state index contributed by atoms with van der Waals surface area (Å²) in [4.78, 5) is 63.4. The highest BCUT2D eigenvalue weighted by Crippen LogP contribution is 2.27. The fourth-order valence-electron chi connectivity index (χ4n) is 3.27. The van der Waals surface area contributed by atoms with Gasteiger partial charge in [-0.3, -0.25) is 20.4 Å². The van der Waals surface area contributed by atoms with E-state index in [4.69, 9.17) is 14.2 Å². The molecule has 3 rings (SSSR count).